The van der Waals surface area contributed by atoms with Gasteiger partial charge in [0.05, 0.1) is 6.10 Å². The van der Waals surface area contributed by atoms with Crippen LogP contribution in [0.25, 0.3) is 0 Å². The van der Waals surface area contributed by atoms with E-state index in [1.165, 1.54) is 12.8 Å². The predicted octanol–water partition coefficient (Wildman–Crippen LogP) is 2.59. The average Bonchev–Trinajstić information content (AvgIpc) is 2.33. The van der Waals surface area contributed by atoms with E-state index in [0.29, 0.717) is 12.1 Å². The summed E-state index contributed by atoms with van der Waals surface area (Å²) in [6.07, 6.45) is 5.18. The van der Waals surface area contributed by atoms with Gasteiger partial charge in [-0.1, -0.05) is 49.2 Å². The van der Waals surface area contributed by atoms with Crippen molar-refractivity contribution in [1.29, 1.82) is 0 Å². The molecule has 0 unspecified atom stereocenters. The molecule has 0 spiro atoms. The molecule has 0 saturated heterocycles. The van der Waals surface area contributed by atoms with E-state index in [1.807, 2.05) is 36.4 Å². The van der Waals surface area contributed by atoms with E-state index in [9.17, 15) is 0 Å². The Morgan fingerprint density at radius 3 is 1.73 bits per heavy atom. The Hall–Kier alpha value is -0.860. The first kappa shape index (κ1) is 12.2. The van der Waals surface area contributed by atoms with Crippen LogP contribution in [0.2, 0.25) is 0 Å². The van der Waals surface area contributed by atoms with Crippen LogP contribution in [0.15, 0.2) is 36.4 Å². The van der Waals surface area contributed by atoms with Crippen molar-refractivity contribution >= 4 is 0 Å². The van der Waals surface area contributed by atoms with Crippen molar-refractivity contribution in [3.63, 3.8) is 0 Å². The third-order valence-corrected chi connectivity index (χ3v) is 2.72. The van der Waals surface area contributed by atoms with Gasteiger partial charge in [-0.2, -0.15) is 0 Å². The predicted molar refractivity (Wildman–Crippen MR) is 63.7 cm³/mol. The number of nitrogens with two attached hydrogens (primary N) is 1. The Morgan fingerprint density at radius 2 is 1.40 bits per heavy atom. The zero-order valence-electron chi connectivity index (χ0n) is 9.43. The highest BCUT2D eigenvalue weighted by molar-refractivity contribution is 4.99. The molecule has 1 saturated carbocycles. The molecular formula is C13H21NO. The van der Waals surface area contributed by atoms with E-state index in [-0.39, 0.29) is 0 Å². The summed E-state index contributed by atoms with van der Waals surface area (Å²) in [6, 6.07) is 12.3. The molecule has 2 heteroatoms. The van der Waals surface area contributed by atoms with Crippen LogP contribution in [0.1, 0.15) is 25.7 Å². The number of hydrogen-bond acceptors (Lipinski definition) is 2. The second-order valence-electron chi connectivity index (χ2n) is 3.88. The molecule has 2 N–H and O–H groups in total. The Balaban J connectivity index is 0.000000162. The van der Waals surface area contributed by atoms with E-state index >= 15 is 0 Å². The monoisotopic (exact) mass is 207 g/mol. The molecular weight excluding hydrogens is 186 g/mol. The van der Waals surface area contributed by atoms with Crippen molar-refractivity contribution in [2.24, 2.45) is 5.73 Å². The first-order chi connectivity index (χ1) is 7.34. The summed E-state index contributed by atoms with van der Waals surface area (Å²) in [5.41, 5.74) is 5.76. The lowest BCUT2D eigenvalue weighted by atomic mass is 9.93. The van der Waals surface area contributed by atoms with Gasteiger partial charge >= 0.3 is 0 Å². The second kappa shape index (κ2) is 7.43. The molecule has 1 fully saturated rings. The van der Waals surface area contributed by atoms with Gasteiger partial charge in [-0.15, -0.1) is 0 Å². The fourth-order valence-electron chi connectivity index (χ4n) is 1.80. The van der Waals surface area contributed by atoms with Crippen LogP contribution in [-0.2, 0) is 4.74 Å². The molecule has 0 aromatic heterocycles. The van der Waals surface area contributed by atoms with Crippen LogP contribution in [0.3, 0.4) is 0 Å². The van der Waals surface area contributed by atoms with Gasteiger partial charge in [0.15, 0.2) is 0 Å². The molecule has 0 radical (unpaired) electrons. The number of benzene rings is 1. The van der Waals surface area contributed by atoms with E-state index in [2.05, 4.69) is 0 Å². The third kappa shape index (κ3) is 4.96. The van der Waals surface area contributed by atoms with Crippen LogP contribution in [-0.4, -0.2) is 19.3 Å². The van der Waals surface area contributed by atoms with Gasteiger partial charge in [-0.25, -0.2) is 0 Å². The molecule has 1 aromatic rings. The average molecular weight is 207 g/mol. The highest BCUT2D eigenvalue weighted by Crippen LogP contribution is 2.18. The minimum atomic E-state index is 0.295. The van der Waals surface area contributed by atoms with Crippen LogP contribution < -0.4 is 5.73 Å². The number of hydrogen-bond donors (Lipinski definition) is 1. The first-order valence-electron chi connectivity index (χ1n) is 5.63. The first-order valence-corrected chi connectivity index (χ1v) is 5.63. The maximum Gasteiger partial charge on any atom is 0.0722 e. The summed E-state index contributed by atoms with van der Waals surface area (Å²) in [5, 5.41) is 0. The van der Waals surface area contributed by atoms with Gasteiger partial charge < -0.3 is 10.5 Å². The molecule has 84 valence electrons. The molecule has 0 bridgehead atoms. The number of ether oxygens (including phenoxy) is 1. The third-order valence-electron chi connectivity index (χ3n) is 2.72. The normalized spacial score (nSPS) is 25.2. The van der Waals surface area contributed by atoms with E-state index in [1.54, 1.807) is 7.11 Å². The summed E-state index contributed by atoms with van der Waals surface area (Å²) in [5.74, 6) is 0. The van der Waals surface area contributed by atoms with E-state index in [0.717, 1.165) is 12.8 Å². The molecule has 2 rings (SSSR count). The lowest BCUT2D eigenvalue weighted by molar-refractivity contribution is 0.0545. The van der Waals surface area contributed by atoms with Crippen LogP contribution in [0.4, 0.5) is 0 Å². The Kier molecular flexibility index (Phi) is 6.05. The highest BCUT2D eigenvalue weighted by atomic mass is 16.5. The highest BCUT2D eigenvalue weighted by Gasteiger charge is 2.20. The SMILES string of the molecule is CO[C@@H]1CCCC[C@H]1N.c1ccccc1. The van der Waals surface area contributed by atoms with Crippen molar-refractivity contribution in [3.8, 4) is 0 Å². The van der Waals surface area contributed by atoms with Crippen LogP contribution in [0.5, 0.6) is 0 Å². The largest absolute Gasteiger partial charge is 0.380 e. The second-order valence-corrected chi connectivity index (χ2v) is 3.88. The number of rotatable bonds is 1. The van der Waals surface area contributed by atoms with Crippen molar-refractivity contribution in [3.05, 3.63) is 36.4 Å². The quantitative estimate of drug-likeness (QED) is 0.768. The molecule has 0 heterocycles. The molecule has 2 nitrogen and oxygen atoms in total. The Bertz CT molecular complexity index is 211. The van der Waals surface area contributed by atoms with E-state index in [4.69, 9.17) is 10.5 Å². The molecule has 1 aromatic carbocycles. The maximum atomic E-state index is 5.76. The topological polar surface area (TPSA) is 35.2 Å². The van der Waals surface area contributed by atoms with Crippen LogP contribution in [0, 0.1) is 0 Å². The molecule has 0 amide bonds. The summed E-state index contributed by atoms with van der Waals surface area (Å²) >= 11 is 0. The Labute approximate surface area is 92.4 Å². The van der Waals surface area contributed by atoms with Gasteiger partial charge in [0, 0.05) is 13.2 Å². The van der Waals surface area contributed by atoms with Crippen molar-refractivity contribution < 1.29 is 4.74 Å². The summed E-state index contributed by atoms with van der Waals surface area (Å²) in [7, 11) is 1.75. The van der Waals surface area contributed by atoms with E-state index < -0.39 is 0 Å². The summed E-state index contributed by atoms with van der Waals surface area (Å²) in [4.78, 5) is 0. The van der Waals surface area contributed by atoms with Crippen molar-refractivity contribution in [1.82, 2.24) is 0 Å². The lowest BCUT2D eigenvalue weighted by Gasteiger charge is -2.26. The molecule has 0 aliphatic heterocycles. The van der Waals surface area contributed by atoms with Gasteiger partial charge in [0.25, 0.3) is 0 Å². The van der Waals surface area contributed by atoms with Crippen molar-refractivity contribution in [2.75, 3.05) is 7.11 Å². The van der Waals surface area contributed by atoms with Gasteiger partial charge in [-0.05, 0) is 12.8 Å². The maximum absolute atomic E-state index is 5.76. The minimum absolute atomic E-state index is 0.295. The molecule has 1 aliphatic rings. The Morgan fingerprint density at radius 1 is 0.933 bits per heavy atom. The smallest absolute Gasteiger partial charge is 0.0722 e. The standard InChI is InChI=1S/C7H15NO.C6H6/c1-9-7-5-3-2-4-6(7)8;1-2-4-6-5-3-1/h6-7H,2-5,8H2,1H3;1-6H/t6-,7-;/m1./s1. The fourth-order valence-corrected chi connectivity index (χ4v) is 1.80. The van der Waals surface area contributed by atoms with Crippen LogP contribution >= 0.6 is 0 Å². The fraction of sp³-hybridized carbons (Fsp3) is 0.538. The molecule has 15 heavy (non-hydrogen) atoms. The zero-order valence-corrected chi connectivity index (χ0v) is 9.43. The number of methoxy groups -OCH3 is 1. The van der Waals surface area contributed by atoms with Crippen molar-refractivity contribution in [2.45, 2.75) is 37.8 Å². The summed E-state index contributed by atoms with van der Waals surface area (Å²) in [6.45, 7) is 0. The molecule has 2 atom stereocenters. The molecule has 1 aliphatic carbocycles. The van der Waals surface area contributed by atoms with Gasteiger partial charge in [0.1, 0.15) is 0 Å². The van der Waals surface area contributed by atoms with Gasteiger partial charge in [-0.3, -0.25) is 0 Å². The van der Waals surface area contributed by atoms with Gasteiger partial charge in [0.2, 0.25) is 0 Å². The summed E-state index contributed by atoms with van der Waals surface area (Å²) < 4.78 is 5.18. The minimum Gasteiger partial charge on any atom is -0.380 e. The lowest BCUT2D eigenvalue weighted by Crippen LogP contribution is -2.38. The zero-order chi connectivity index (χ0) is 10.9.